The van der Waals surface area contributed by atoms with Crippen molar-refractivity contribution < 1.29 is 23.1 Å². The van der Waals surface area contributed by atoms with Gasteiger partial charge < -0.3 is 15.0 Å². The predicted molar refractivity (Wildman–Crippen MR) is 114 cm³/mol. The zero-order valence-electron chi connectivity index (χ0n) is 18.0. The van der Waals surface area contributed by atoms with Gasteiger partial charge in [-0.3, -0.25) is 9.59 Å². The maximum atomic E-state index is 13.0. The Morgan fingerprint density at radius 3 is 2.65 bits per heavy atom. The van der Waals surface area contributed by atoms with E-state index in [1.54, 1.807) is 11.0 Å². The van der Waals surface area contributed by atoms with Crippen LogP contribution in [0.25, 0.3) is 0 Å². The summed E-state index contributed by atoms with van der Waals surface area (Å²) in [5.74, 6) is -1.02. The number of hydrogen-bond acceptors (Lipinski definition) is 3. The first-order valence-corrected chi connectivity index (χ1v) is 10.5. The van der Waals surface area contributed by atoms with E-state index in [9.17, 15) is 18.4 Å². The molecule has 1 saturated heterocycles. The summed E-state index contributed by atoms with van der Waals surface area (Å²) in [7, 11) is 0. The largest absolute Gasteiger partial charge is 0.434 e. The number of aryl methyl sites for hydroxylation is 2. The SMILES string of the molecule is Cc1ccc(C)c(C(C)NC(=O)C2CCCN(C(=O)c3ccccc3OC(F)F)C2)c1. The molecule has 0 aromatic heterocycles. The number of amides is 2. The highest BCUT2D eigenvalue weighted by atomic mass is 19.3. The van der Waals surface area contributed by atoms with Gasteiger partial charge in [-0.1, -0.05) is 35.9 Å². The van der Waals surface area contributed by atoms with Crippen LogP contribution in [0.4, 0.5) is 8.78 Å². The van der Waals surface area contributed by atoms with Crippen LogP contribution < -0.4 is 10.1 Å². The number of nitrogens with zero attached hydrogens (tertiary/aromatic N) is 1. The first kappa shape index (κ1) is 22.7. The molecule has 0 saturated carbocycles. The molecule has 0 radical (unpaired) electrons. The smallest absolute Gasteiger partial charge is 0.387 e. The summed E-state index contributed by atoms with van der Waals surface area (Å²) < 4.78 is 29.9. The molecular formula is C24H28F2N2O3. The van der Waals surface area contributed by atoms with Crippen molar-refractivity contribution >= 4 is 11.8 Å². The lowest BCUT2D eigenvalue weighted by Gasteiger charge is -2.33. The summed E-state index contributed by atoms with van der Waals surface area (Å²) in [5, 5.41) is 3.07. The number of nitrogens with one attached hydrogen (secondary N) is 1. The molecule has 166 valence electrons. The molecule has 31 heavy (non-hydrogen) atoms. The maximum Gasteiger partial charge on any atom is 0.387 e. The molecule has 3 rings (SSSR count). The van der Waals surface area contributed by atoms with Gasteiger partial charge >= 0.3 is 6.61 Å². The summed E-state index contributed by atoms with van der Waals surface area (Å²) >= 11 is 0. The minimum atomic E-state index is -3.01. The third-order valence-corrected chi connectivity index (χ3v) is 5.67. The molecule has 2 unspecified atom stereocenters. The number of alkyl halides is 2. The Bertz CT molecular complexity index is 948. The first-order chi connectivity index (χ1) is 14.8. The standard InChI is InChI=1S/C24H28F2N2O3/c1-15-10-11-16(2)20(13-15)17(3)27-22(29)18-7-6-12-28(14-18)23(30)19-8-4-5-9-21(19)31-24(25)26/h4-5,8-11,13,17-18,24H,6-7,12,14H2,1-3H3,(H,27,29). The van der Waals surface area contributed by atoms with Crippen molar-refractivity contribution in [1.29, 1.82) is 0 Å². The van der Waals surface area contributed by atoms with E-state index >= 15 is 0 Å². The second kappa shape index (κ2) is 9.90. The van der Waals surface area contributed by atoms with Crippen LogP contribution in [-0.4, -0.2) is 36.4 Å². The van der Waals surface area contributed by atoms with Crippen LogP contribution in [-0.2, 0) is 4.79 Å². The summed E-state index contributed by atoms with van der Waals surface area (Å²) in [6, 6.07) is 11.9. The van der Waals surface area contributed by atoms with Gasteiger partial charge in [0.05, 0.1) is 17.5 Å². The second-order valence-corrected chi connectivity index (χ2v) is 8.06. The molecule has 2 atom stereocenters. The summed E-state index contributed by atoms with van der Waals surface area (Å²) in [6.07, 6.45) is 1.34. The maximum absolute atomic E-state index is 13.0. The van der Waals surface area contributed by atoms with E-state index in [1.807, 2.05) is 32.9 Å². The van der Waals surface area contributed by atoms with Crippen LogP contribution in [0.5, 0.6) is 5.75 Å². The molecule has 1 N–H and O–H groups in total. The average molecular weight is 430 g/mol. The number of piperidine rings is 1. The number of hydrogen-bond donors (Lipinski definition) is 1. The Morgan fingerprint density at radius 1 is 1.16 bits per heavy atom. The third kappa shape index (κ3) is 5.60. The van der Waals surface area contributed by atoms with E-state index < -0.39 is 12.5 Å². The second-order valence-electron chi connectivity index (χ2n) is 8.06. The number of para-hydroxylation sites is 1. The fourth-order valence-electron chi connectivity index (χ4n) is 4.02. The number of benzene rings is 2. The molecule has 1 aliphatic heterocycles. The lowest BCUT2D eigenvalue weighted by atomic mass is 9.94. The summed E-state index contributed by atoms with van der Waals surface area (Å²) in [4.78, 5) is 27.4. The zero-order valence-corrected chi connectivity index (χ0v) is 18.0. The lowest BCUT2D eigenvalue weighted by Crippen LogP contribution is -2.46. The fraction of sp³-hybridized carbons (Fsp3) is 0.417. The minimum Gasteiger partial charge on any atom is -0.434 e. The zero-order chi connectivity index (χ0) is 22.5. The summed E-state index contributed by atoms with van der Waals surface area (Å²) in [6.45, 7) is 3.67. The molecule has 0 aliphatic carbocycles. The molecule has 2 aromatic carbocycles. The topological polar surface area (TPSA) is 58.6 Å². The highest BCUT2D eigenvalue weighted by Gasteiger charge is 2.31. The lowest BCUT2D eigenvalue weighted by molar-refractivity contribution is -0.127. The van der Waals surface area contributed by atoms with Crippen LogP contribution >= 0.6 is 0 Å². The molecule has 1 fully saturated rings. The molecule has 5 nitrogen and oxygen atoms in total. The molecule has 2 amide bonds. The van der Waals surface area contributed by atoms with Gasteiger partial charge in [-0.25, -0.2) is 0 Å². The molecule has 0 bridgehead atoms. The van der Waals surface area contributed by atoms with Crippen LogP contribution in [0.3, 0.4) is 0 Å². The average Bonchev–Trinajstić information content (AvgIpc) is 2.75. The fourth-order valence-corrected chi connectivity index (χ4v) is 4.02. The van der Waals surface area contributed by atoms with Gasteiger partial charge in [0.25, 0.3) is 5.91 Å². The van der Waals surface area contributed by atoms with E-state index in [0.29, 0.717) is 19.4 Å². The number of rotatable bonds is 6. The van der Waals surface area contributed by atoms with E-state index in [2.05, 4.69) is 16.1 Å². The van der Waals surface area contributed by atoms with E-state index in [1.165, 1.54) is 18.2 Å². The van der Waals surface area contributed by atoms with Crippen molar-refractivity contribution in [2.45, 2.75) is 46.3 Å². The van der Waals surface area contributed by atoms with Gasteiger partial charge in [0.1, 0.15) is 5.75 Å². The molecular weight excluding hydrogens is 402 g/mol. The molecule has 1 heterocycles. The number of halogens is 2. The number of carbonyl (C=O) groups is 2. The predicted octanol–water partition coefficient (Wildman–Crippen LogP) is 4.63. The Balaban J connectivity index is 1.68. The van der Waals surface area contributed by atoms with E-state index in [4.69, 9.17) is 0 Å². The van der Waals surface area contributed by atoms with Gasteiger partial charge in [-0.2, -0.15) is 8.78 Å². The highest BCUT2D eigenvalue weighted by molar-refractivity contribution is 5.97. The molecule has 7 heteroatoms. The molecule has 2 aromatic rings. The van der Waals surface area contributed by atoms with Gasteiger partial charge in [0, 0.05) is 13.1 Å². The van der Waals surface area contributed by atoms with E-state index in [-0.39, 0.29) is 35.7 Å². The van der Waals surface area contributed by atoms with Crippen LogP contribution in [0, 0.1) is 19.8 Å². The van der Waals surface area contributed by atoms with Crippen molar-refractivity contribution in [2.75, 3.05) is 13.1 Å². The van der Waals surface area contributed by atoms with Crippen LogP contribution in [0.2, 0.25) is 0 Å². The van der Waals surface area contributed by atoms with Gasteiger partial charge in [-0.15, -0.1) is 0 Å². The van der Waals surface area contributed by atoms with Gasteiger partial charge in [-0.05, 0) is 56.9 Å². The molecule has 1 aliphatic rings. The van der Waals surface area contributed by atoms with Crippen molar-refractivity contribution in [2.24, 2.45) is 5.92 Å². The van der Waals surface area contributed by atoms with Crippen LogP contribution in [0.15, 0.2) is 42.5 Å². The first-order valence-electron chi connectivity index (χ1n) is 10.5. The normalized spacial score (nSPS) is 17.4. The Morgan fingerprint density at radius 2 is 1.90 bits per heavy atom. The third-order valence-electron chi connectivity index (χ3n) is 5.67. The van der Waals surface area contributed by atoms with Crippen molar-refractivity contribution in [3.05, 3.63) is 64.7 Å². The number of ether oxygens (including phenoxy) is 1. The highest BCUT2D eigenvalue weighted by Crippen LogP contribution is 2.26. The Kier molecular flexibility index (Phi) is 7.25. The number of carbonyl (C=O) groups excluding carboxylic acids is 2. The number of likely N-dealkylation sites (tertiary alicyclic amines) is 1. The molecule has 0 spiro atoms. The Labute approximate surface area is 181 Å². The van der Waals surface area contributed by atoms with E-state index in [0.717, 1.165) is 16.7 Å². The van der Waals surface area contributed by atoms with Crippen molar-refractivity contribution in [3.63, 3.8) is 0 Å². The van der Waals surface area contributed by atoms with Crippen LogP contribution in [0.1, 0.15) is 52.9 Å². The monoisotopic (exact) mass is 430 g/mol. The van der Waals surface area contributed by atoms with Crippen molar-refractivity contribution in [3.8, 4) is 5.75 Å². The Hall–Kier alpha value is -2.96. The van der Waals surface area contributed by atoms with Crippen molar-refractivity contribution in [1.82, 2.24) is 10.2 Å². The minimum absolute atomic E-state index is 0.0765. The van der Waals surface area contributed by atoms with Gasteiger partial charge in [0.15, 0.2) is 0 Å². The summed E-state index contributed by atoms with van der Waals surface area (Å²) in [5.41, 5.74) is 3.37. The van der Waals surface area contributed by atoms with Gasteiger partial charge in [0.2, 0.25) is 5.91 Å². The quantitative estimate of drug-likeness (QED) is 0.727.